The number of hydrogen-bond acceptors (Lipinski definition) is 6. The topological polar surface area (TPSA) is 92.4 Å². The number of benzene rings is 22. The van der Waals surface area contributed by atoms with Gasteiger partial charge in [-0.3, -0.25) is 24.9 Å². The van der Waals surface area contributed by atoms with Gasteiger partial charge in [0.1, 0.15) is 11.2 Å². The average Bonchev–Trinajstić information content (AvgIpc) is 1.57. The lowest BCUT2D eigenvalue weighted by Crippen LogP contribution is -1.96. The van der Waals surface area contributed by atoms with Crippen LogP contribution in [0.25, 0.3) is 290 Å². The van der Waals surface area contributed by atoms with Crippen LogP contribution in [0.2, 0.25) is 0 Å². The molecule has 0 aliphatic rings. The average molecular weight is 1810 g/mol. The molecule has 142 heavy (non-hydrogen) atoms. The first-order valence-corrected chi connectivity index (χ1v) is 48.4. The van der Waals surface area contributed by atoms with Crippen LogP contribution in [-0.4, -0.2) is 38.6 Å². The lowest BCUT2D eigenvalue weighted by molar-refractivity contribution is 0.670. The molecule has 31 rings (SSSR count). The maximum atomic E-state index is 6.32. The van der Waals surface area contributed by atoms with E-state index in [1.807, 2.05) is 73.4 Å². The number of pyridine rings is 5. The van der Waals surface area contributed by atoms with Crippen molar-refractivity contribution in [1.29, 1.82) is 0 Å². The van der Waals surface area contributed by atoms with Crippen LogP contribution >= 0.6 is 0 Å². The second-order valence-electron chi connectivity index (χ2n) is 37.2. The summed E-state index contributed by atoms with van der Waals surface area (Å²) in [6.45, 7) is 0. The van der Waals surface area contributed by atoms with Crippen LogP contribution in [0.4, 0.5) is 0 Å². The SMILES string of the molecule is c1ccc2c(c1)ccc1cc(-c3ccc4c(c3)c3ccccc3n4-c3cccc4ccc5cccnc5c34)ccc12.c1cnc2c(c1)ccc1cccc(-c3ccc4c(c3)c3cc(-c5cccc6ccc7cccnc7c56)ccc3n4-c3cccc4ccc5cccnc5c34)c12.c1cnc2c(c1)ccc1cccc(-n3c4ccccc4c4cc(-c5ccc(-c6cccc7c6oc6ccccc67)cc5)ccc43)c12. The molecule has 0 aliphatic heterocycles. The van der Waals surface area contributed by atoms with Gasteiger partial charge in [-0.1, -0.05) is 334 Å². The fraction of sp³-hybridized carbons (Fsp3) is 0. The minimum atomic E-state index is 0.919. The van der Waals surface area contributed by atoms with Crippen LogP contribution in [0.15, 0.2) is 490 Å². The van der Waals surface area contributed by atoms with Gasteiger partial charge in [0.2, 0.25) is 0 Å². The van der Waals surface area contributed by atoms with Crippen molar-refractivity contribution in [2.45, 2.75) is 0 Å². The predicted molar refractivity (Wildman–Crippen MR) is 596 cm³/mol. The minimum absolute atomic E-state index is 0.919. The fourth-order valence-electron chi connectivity index (χ4n) is 23.0. The first-order valence-electron chi connectivity index (χ1n) is 48.4. The summed E-state index contributed by atoms with van der Waals surface area (Å²) in [5.74, 6) is 0. The highest BCUT2D eigenvalue weighted by Crippen LogP contribution is 2.48. The lowest BCUT2D eigenvalue weighted by Gasteiger charge is -2.14. The summed E-state index contributed by atoms with van der Waals surface area (Å²) in [5, 5.41) is 32.2. The van der Waals surface area contributed by atoms with Gasteiger partial charge in [0, 0.05) is 133 Å². The van der Waals surface area contributed by atoms with E-state index < -0.39 is 0 Å². The molecule has 9 heteroatoms. The quantitative estimate of drug-likeness (QED) is 0.141. The van der Waals surface area contributed by atoms with Crippen LogP contribution in [0.5, 0.6) is 0 Å². The van der Waals surface area contributed by atoms with E-state index in [0.29, 0.717) is 0 Å². The highest BCUT2D eigenvalue weighted by Gasteiger charge is 2.25. The number of para-hydroxylation sites is 4. The highest BCUT2D eigenvalue weighted by molar-refractivity contribution is 6.23. The molecule has 31 aromatic rings. The van der Waals surface area contributed by atoms with E-state index in [1.165, 1.54) is 152 Å². The molecule has 9 heterocycles. The van der Waals surface area contributed by atoms with Crippen LogP contribution in [0.3, 0.4) is 0 Å². The molecule has 0 radical (unpaired) electrons. The maximum absolute atomic E-state index is 6.32. The third-order valence-electron chi connectivity index (χ3n) is 29.5. The van der Waals surface area contributed by atoms with Crippen molar-refractivity contribution in [2.24, 2.45) is 0 Å². The van der Waals surface area contributed by atoms with Crippen molar-refractivity contribution in [1.82, 2.24) is 38.6 Å². The Balaban J connectivity index is 0.000000103. The molecule has 0 saturated carbocycles. The monoisotopic (exact) mass is 1800 g/mol. The van der Waals surface area contributed by atoms with Gasteiger partial charge >= 0.3 is 0 Å². The zero-order valence-corrected chi connectivity index (χ0v) is 76.7. The zero-order chi connectivity index (χ0) is 93.1. The smallest absolute Gasteiger partial charge is 0.143 e. The second-order valence-corrected chi connectivity index (χ2v) is 37.2. The minimum Gasteiger partial charge on any atom is -0.455 e. The highest BCUT2D eigenvalue weighted by atomic mass is 16.3. The van der Waals surface area contributed by atoms with Crippen LogP contribution in [-0.2, 0) is 0 Å². The lowest BCUT2D eigenvalue weighted by atomic mass is 9.94. The van der Waals surface area contributed by atoms with Gasteiger partial charge in [0.05, 0.1) is 77.7 Å². The molecule has 0 N–H and O–H groups in total. The predicted octanol–water partition coefficient (Wildman–Crippen LogP) is 35.4. The van der Waals surface area contributed by atoms with Crippen LogP contribution in [0, 0.1) is 0 Å². The van der Waals surface area contributed by atoms with Gasteiger partial charge in [-0.05, 0) is 220 Å². The van der Waals surface area contributed by atoms with Gasteiger partial charge < -0.3 is 18.1 Å². The molecule has 0 spiro atoms. The van der Waals surface area contributed by atoms with E-state index in [2.05, 4.69) is 426 Å². The van der Waals surface area contributed by atoms with E-state index in [-0.39, 0.29) is 0 Å². The molecule has 0 amide bonds. The Kier molecular flexibility index (Phi) is 18.2. The largest absolute Gasteiger partial charge is 0.455 e. The van der Waals surface area contributed by atoms with E-state index >= 15 is 0 Å². The van der Waals surface area contributed by atoms with Crippen molar-refractivity contribution in [3.05, 3.63) is 486 Å². The molecule has 0 fully saturated rings. The molecular weight excluding hydrogens is 1730 g/mol. The maximum Gasteiger partial charge on any atom is 0.143 e. The summed E-state index contributed by atoms with van der Waals surface area (Å²) in [7, 11) is 0. The standard InChI is InChI=1S/C51H30N4.C43H26N2O.C39H24N2/c1-7-31-16-19-34-10-4-26-52-49(34)46(31)39(13-1)37-22-24-43-41(29-37)42-30-38(40-14-2-8-32-17-20-35-11-5-27-53-50(35)47(32)40)23-25-44(42)55(43)45-15-3-9-33-18-21-36-12-6-28-54-51(36)48(33)45;1-3-14-37-33(10-1)36-26-31(23-24-38(36)45(37)39-15-5-8-29-21-22-30-9-7-25-44-42(30)41(29)39)27-17-19-28(20-18-27)32-12-6-13-35-34-11-2-4-16-40(34)46-43(32)35;1-2-10-31-25(7-1)14-17-30-23-28(18-20-32(30)31)29-19-21-36-34(24-29)33-11-3-4-12-35(33)41(36)37-13-5-8-26-15-16-27-9-6-22-40-39(27)38(26)37/h1-30H;1-26H;1-24H. The van der Waals surface area contributed by atoms with E-state index in [9.17, 15) is 0 Å². The summed E-state index contributed by atoms with van der Waals surface area (Å²) in [5.41, 5.74) is 29.1. The molecule has 9 aromatic heterocycles. The molecule has 658 valence electrons. The van der Waals surface area contributed by atoms with E-state index in [1.54, 1.807) is 0 Å². The summed E-state index contributed by atoms with van der Waals surface area (Å²) >= 11 is 0. The number of fused-ring (bicyclic) bond motifs is 30. The molecule has 0 aliphatic carbocycles. The van der Waals surface area contributed by atoms with Crippen LogP contribution in [0.1, 0.15) is 0 Å². The summed E-state index contributed by atoms with van der Waals surface area (Å²) in [4.78, 5) is 24.3. The summed E-state index contributed by atoms with van der Waals surface area (Å²) < 4.78 is 13.6. The number of rotatable bonds is 8. The Labute approximate surface area is 813 Å². The zero-order valence-electron chi connectivity index (χ0n) is 76.7. The van der Waals surface area contributed by atoms with E-state index in [0.717, 1.165) is 138 Å². The molecule has 0 unspecified atom stereocenters. The Morgan fingerprint density at radius 3 is 0.915 bits per heavy atom. The normalized spacial score (nSPS) is 11.9. The van der Waals surface area contributed by atoms with Gasteiger partial charge in [0.25, 0.3) is 0 Å². The van der Waals surface area contributed by atoms with Gasteiger partial charge in [-0.25, -0.2) is 0 Å². The Morgan fingerprint density at radius 2 is 0.444 bits per heavy atom. The third-order valence-corrected chi connectivity index (χ3v) is 29.5. The summed E-state index contributed by atoms with van der Waals surface area (Å²) in [6, 6.07) is 164. The second kappa shape index (κ2) is 32.3. The fourth-order valence-corrected chi connectivity index (χ4v) is 23.0. The van der Waals surface area contributed by atoms with Crippen molar-refractivity contribution >= 4 is 217 Å². The van der Waals surface area contributed by atoms with Crippen molar-refractivity contribution < 1.29 is 4.42 Å². The van der Waals surface area contributed by atoms with Gasteiger partial charge in [0.15, 0.2) is 0 Å². The first kappa shape index (κ1) is 80.2. The number of nitrogens with zero attached hydrogens (tertiary/aromatic N) is 8. The third kappa shape index (κ3) is 12.8. The van der Waals surface area contributed by atoms with E-state index in [4.69, 9.17) is 29.3 Å². The van der Waals surface area contributed by atoms with Crippen LogP contribution < -0.4 is 0 Å². The van der Waals surface area contributed by atoms with Crippen molar-refractivity contribution in [2.75, 3.05) is 0 Å². The van der Waals surface area contributed by atoms with Gasteiger partial charge in [-0.2, -0.15) is 0 Å². The Morgan fingerprint density at radius 1 is 0.155 bits per heavy atom. The molecule has 0 bridgehead atoms. The molecule has 22 aromatic carbocycles. The van der Waals surface area contributed by atoms with Crippen molar-refractivity contribution in [3.8, 4) is 72.7 Å². The molecular formula is C133H80N8O. The summed E-state index contributed by atoms with van der Waals surface area (Å²) in [6.07, 6.45) is 9.47. The number of aromatic nitrogens is 8. The Bertz CT molecular complexity index is 10600. The molecule has 9 nitrogen and oxygen atoms in total. The molecule has 0 atom stereocenters. The number of hydrogen-bond donors (Lipinski definition) is 0. The first-order chi connectivity index (χ1) is 70.4. The Hall–Kier alpha value is -19.1. The molecule has 0 saturated heterocycles. The van der Waals surface area contributed by atoms with Gasteiger partial charge in [-0.15, -0.1) is 0 Å². The van der Waals surface area contributed by atoms with Crippen molar-refractivity contribution in [3.63, 3.8) is 0 Å². The number of furan rings is 1.